The molecule has 6 heteroatoms. The van der Waals surface area contributed by atoms with Gasteiger partial charge in [0.15, 0.2) is 0 Å². The van der Waals surface area contributed by atoms with Crippen LogP contribution < -0.4 is 16.0 Å². The van der Waals surface area contributed by atoms with Crippen molar-refractivity contribution in [2.24, 2.45) is 5.92 Å². The van der Waals surface area contributed by atoms with Gasteiger partial charge in [-0.15, -0.1) is 0 Å². The van der Waals surface area contributed by atoms with Crippen LogP contribution in [0.1, 0.15) is 26.7 Å². The van der Waals surface area contributed by atoms with E-state index in [2.05, 4.69) is 16.0 Å². The topological polar surface area (TPSA) is 79.5 Å². The summed E-state index contributed by atoms with van der Waals surface area (Å²) in [5.41, 5.74) is 0. The molecule has 1 heterocycles. The molecule has 1 fully saturated rings. The van der Waals surface area contributed by atoms with Crippen LogP contribution in [0.25, 0.3) is 0 Å². The molecule has 1 unspecified atom stereocenters. The molecule has 1 aliphatic heterocycles. The number of hydrogen-bond donors (Lipinski definition) is 3. The average molecular weight is 257 g/mol. The van der Waals surface area contributed by atoms with Crippen LogP contribution in [0.5, 0.6) is 0 Å². The normalized spacial score (nSPS) is 18.1. The van der Waals surface area contributed by atoms with E-state index in [0.29, 0.717) is 19.1 Å². The summed E-state index contributed by atoms with van der Waals surface area (Å²) in [4.78, 5) is 22.7. The maximum Gasteiger partial charge on any atom is 0.321 e. The van der Waals surface area contributed by atoms with Gasteiger partial charge in [0.05, 0.1) is 6.61 Å². The van der Waals surface area contributed by atoms with Gasteiger partial charge in [-0.25, -0.2) is 4.79 Å². The molecule has 104 valence electrons. The molecule has 0 bridgehead atoms. The van der Waals surface area contributed by atoms with E-state index in [-0.39, 0.29) is 0 Å². The summed E-state index contributed by atoms with van der Waals surface area (Å²) in [6.45, 7) is 6.53. The van der Waals surface area contributed by atoms with E-state index in [0.717, 1.165) is 25.9 Å². The van der Waals surface area contributed by atoms with Gasteiger partial charge in [-0.1, -0.05) is 0 Å². The fraction of sp³-hybridized carbons (Fsp3) is 0.833. The van der Waals surface area contributed by atoms with Gasteiger partial charge in [0.2, 0.25) is 0 Å². The SMILES string of the molecule is CCNC(=O)NC(=O)C(C)OCC1CCNCC1. The van der Waals surface area contributed by atoms with Crippen LogP contribution in [-0.4, -0.2) is 44.3 Å². The maximum absolute atomic E-state index is 11.6. The van der Waals surface area contributed by atoms with Crippen molar-refractivity contribution in [2.45, 2.75) is 32.8 Å². The van der Waals surface area contributed by atoms with E-state index in [4.69, 9.17) is 4.74 Å². The van der Waals surface area contributed by atoms with Gasteiger partial charge in [0, 0.05) is 6.54 Å². The zero-order chi connectivity index (χ0) is 13.4. The summed E-state index contributed by atoms with van der Waals surface area (Å²) in [6.07, 6.45) is 1.55. The Balaban J connectivity index is 2.20. The molecule has 1 saturated heterocycles. The molecule has 0 saturated carbocycles. The highest BCUT2D eigenvalue weighted by molar-refractivity contribution is 5.96. The van der Waals surface area contributed by atoms with E-state index in [1.807, 2.05) is 0 Å². The van der Waals surface area contributed by atoms with Crippen molar-refractivity contribution >= 4 is 11.9 Å². The molecule has 0 spiro atoms. The number of carbonyl (C=O) groups is 2. The highest BCUT2D eigenvalue weighted by atomic mass is 16.5. The van der Waals surface area contributed by atoms with Crippen LogP contribution in [0.2, 0.25) is 0 Å². The van der Waals surface area contributed by atoms with Crippen molar-refractivity contribution < 1.29 is 14.3 Å². The summed E-state index contributed by atoms with van der Waals surface area (Å²) < 4.78 is 5.50. The summed E-state index contributed by atoms with van der Waals surface area (Å²) in [6, 6.07) is -0.472. The minimum atomic E-state index is -0.595. The maximum atomic E-state index is 11.6. The van der Waals surface area contributed by atoms with Crippen molar-refractivity contribution in [3.8, 4) is 0 Å². The third-order valence-electron chi connectivity index (χ3n) is 2.98. The van der Waals surface area contributed by atoms with Gasteiger partial charge >= 0.3 is 6.03 Å². The van der Waals surface area contributed by atoms with Crippen molar-refractivity contribution in [1.29, 1.82) is 0 Å². The number of imide groups is 1. The van der Waals surface area contributed by atoms with E-state index >= 15 is 0 Å². The molecular formula is C12H23N3O3. The van der Waals surface area contributed by atoms with Gasteiger partial charge in [0.25, 0.3) is 5.91 Å². The lowest BCUT2D eigenvalue weighted by Gasteiger charge is -2.23. The van der Waals surface area contributed by atoms with E-state index in [1.54, 1.807) is 13.8 Å². The predicted molar refractivity (Wildman–Crippen MR) is 68.2 cm³/mol. The summed E-state index contributed by atoms with van der Waals surface area (Å²) in [7, 11) is 0. The Morgan fingerprint density at radius 2 is 2.06 bits per heavy atom. The molecule has 6 nitrogen and oxygen atoms in total. The first kappa shape index (κ1) is 14.9. The lowest BCUT2D eigenvalue weighted by atomic mass is 9.99. The molecule has 1 rings (SSSR count). The second-order valence-corrected chi connectivity index (χ2v) is 4.52. The number of ether oxygens (including phenoxy) is 1. The average Bonchev–Trinajstić information content (AvgIpc) is 2.37. The zero-order valence-corrected chi connectivity index (χ0v) is 11.1. The standard InChI is InChI=1S/C12H23N3O3/c1-3-14-12(17)15-11(16)9(2)18-8-10-4-6-13-7-5-10/h9-10,13H,3-8H2,1-2H3,(H2,14,15,16,17). The number of amides is 3. The third-order valence-corrected chi connectivity index (χ3v) is 2.98. The number of nitrogens with one attached hydrogen (secondary N) is 3. The summed E-state index contributed by atoms with van der Waals surface area (Å²) in [5, 5.41) is 8.02. The second-order valence-electron chi connectivity index (χ2n) is 4.52. The first-order valence-corrected chi connectivity index (χ1v) is 6.54. The largest absolute Gasteiger partial charge is 0.368 e. The smallest absolute Gasteiger partial charge is 0.321 e. The molecule has 18 heavy (non-hydrogen) atoms. The summed E-state index contributed by atoms with van der Waals surface area (Å²) in [5.74, 6) is 0.112. The Kier molecular flexibility index (Phi) is 6.67. The highest BCUT2D eigenvalue weighted by Gasteiger charge is 2.19. The van der Waals surface area contributed by atoms with Gasteiger partial charge in [0.1, 0.15) is 6.10 Å². The van der Waals surface area contributed by atoms with Crippen molar-refractivity contribution in [2.75, 3.05) is 26.2 Å². The van der Waals surface area contributed by atoms with Gasteiger partial charge in [-0.2, -0.15) is 0 Å². The number of piperidine rings is 1. The molecule has 3 amide bonds. The molecule has 0 aromatic rings. The lowest BCUT2D eigenvalue weighted by molar-refractivity contribution is -0.131. The first-order chi connectivity index (χ1) is 8.63. The Labute approximate surface area is 108 Å². The van der Waals surface area contributed by atoms with Crippen LogP contribution in [0.4, 0.5) is 4.79 Å². The molecular weight excluding hydrogens is 234 g/mol. The molecule has 1 atom stereocenters. The Hall–Kier alpha value is -1.14. The van der Waals surface area contributed by atoms with Gasteiger partial charge in [-0.05, 0) is 45.7 Å². The van der Waals surface area contributed by atoms with Crippen molar-refractivity contribution in [3.05, 3.63) is 0 Å². The van der Waals surface area contributed by atoms with Crippen LogP contribution in [0.15, 0.2) is 0 Å². The number of carbonyl (C=O) groups excluding carboxylic acids is 2. The van der Waals surface area contributed by atoms with Crippen LogP contribution in [0, 0.1) is 5.92 Å². The van der Waals surface area contributed by atoms with Gasteiger partial charge < -0.3 is 15.4 Å². The van der Waals surface area contributed by atoms with Crippen LogP contribution >= 0.6 is 0 Å². The minimum Gasteiger partial charge on any atom is -0.368 e. The monoisotopic (exact) mass is 257 g/mol. The van der Waals surface area contributed by atoms with E-state index in [1.165, 1.54) is 0 Å². The predicted octanol–water partition coefficient (Wildman–Crippen LogP) is 0.237. The molecule has 1 aliphatic rings. The molecule has 0 aliphatic carbocycles. The molecule has 0 aromatic heterocycles. The number of urea groups is 1. The number of rotatable bonds is 5. The Morgan fingerprint density at radius 1 is 1.39 bits per heavy atom. The molecule has 3 N–H and O–H groups in total. The highest BCUT2D eigenvalue weighted by Crippen LogP contribution is 2.12. The minimum absolute atomic E-state index is 0.394. The second kappa shape index (κ2) is 8.05. The van der Waals surface area contributed by atoms with Crippen LogP contribution in [-0.2, 0) is 9.53 Å². The van der Waals surface area contributed by atoms with Gasteiger partial charge in [-0.3, -0.25) is 10.1 Å². The van der Waals surface area contributed by atoms with Crippen molar-refractivity contribution in [1.82, 2.24) is 16.0 Å². The first-order valence-electron chi connectivity index (χ1n) is 6.54. The third kappa shape index (κ3) is 5.46. The lowest BCUT2D eigenvalue weighted by Crippen LogP contribution is -2.44. The molecule has 0 aromatic carbocycles. The Morgan fingerprint density at radius 3 is 2.67 bits per heavy atom. The fourth-order valence-corrected chi connectivity index (χ4v) is 1.82. The zero-order valence-electron chi connectivity index (χ0n) is 11.1. The van der Waals surface area contributed by atoms with Crippen LogP contribution in [0.3, 0.4) is 0 Å². The fourth-order valence-electron chi connectivity index (χ4n) is 1.82. The molecule has 0 radical (unpaired) electrons. The Bertz CT molecular complexity index is 278. The summed E-state index contributed by atoms with van der Waals surface area (Å²) >= 11 is 0. The van der Waals surface area contributed by atoms with Crippen molar-refractivity contribution in [3.63, 3.8) is 0 Å². The number of hydrogen-bond acceptors (Lipinski definition) is 4. The van der Waals surface area contributed by atoms with E-state index < -0.39 is 18.0 Å². The quantitative estimate of drug-likeness (QED) is 0.659. The van der Waals surface area contributed by atoms with E-state index in [9.17, 15) is 9.59 Å².